The minimum atomic E-state index is -1.13. The standard InChI is InChI=1S/C20H23N5O3/c1-6-28-19(27)20(3,4)24(5)18(26)17-13(2)25(23-22-17)15-9-10-16-14(12-15)8-7-11-21-16/h7-12H,6H2,1-5H3. The number of likely N-dealkylation sites (N-methyl/N-ethyl adjacent to an activating group) is 1. The van der Waals surface area contributed by atoms with Crippen LogP contribution in [0.15, 0.2) is 36.5 Å². The molecule has 0 N–H and O–H groups in total. The second-order valence-corrected chi connectivity index (χ2v) is 6.96. The van der Waals surface area contributed by atoms with Crippen LogP contribution in [-0.2, 0) is 9.53 Å². The van der Waals surface area contributed by atoms with Gasteiger partial charge in [-0.2, -0.15) is 0 Å². The van der Waals surface area contributed by atoms with Crippen LogP contribution in [0, 0.1) is 6.92 Å². The number of rotatable bonds is 5. The summed E-state index contributed by atoms with van der Waals surface area (Å²) in [6, 6.07) is 9.52. The number of aromatic nitrogens is 4. The molecular formula is C20H23N5O3. The third-order valence-electron chi connectivity index (χ3n) is 4.85. The number of benzene rings is 1. The lowest BCUT2D eigenvalue weighted by atomic mass is 10.0. The minimum absolute atomic E-state index is 0.186. The van der Waals surface area contributed by atoms with E-state index in [-0.39, 0.29) is 12.3 Å². The van der Waals surface area contributed by atoms with E-state index >= 15 is 0 Å². The highest BCUT2D eigenvalue weighted by Gasteiger charge is 2.38. The minimum Gasteiger partial charge on any atom is -0.464 e. The molecule has 146 valence electrons. The Hall–Kier alpha value is -3.29. The van der Waals surface area contributed by atoms with Gasteiger partial charge in [-0.1, -0.05) is 11.3 Å². The average molecular weight is 381 g/mol. The molecule has 0 aliphatic heterocycles. The van der Waals surface area contributed by atoms with Crippen molar-refractivity contribution in [2.24, 2.45) is 0 Å². The molecule has 0 bridgehead atoms. The first-order valence-electron chi connectivity index (χ1n) is 9.00. The molecule has 0 aliphatic carbocycles. The highest BCUT2D eigenvalue weighted by molar-refractivity contribution is 5.97. The third kappa shape index (κ3) is 3.33. The van der Waals surface area contributed by atoms with Crippen molar-refractivity contribution in [3.8, 4) is 5.69 Å². The SMILES string of the molecule is CCOC(=O)C(C)(C)N(C)C(=O)c1nnn(-c2ccc3ncccc3c2)c1C. The summed E-state index contributed by atoms with van der Waals surface area (Å²) in [6.45, 7) is 7.02. The fourth-order valence-electron chi connectivity index (χ4n) is 2.82. The predicted molar refractivity (Wildman–Crippen MR) is 104 cm³/mol. The molecule has 2 aromatic heterocycles. The average Bonchev–Trinajstić information content (AvgIpc) is 3.07. The summed E-state index contributed by atoms with van der Waals surface area (Å²) < 4.78 is 6.68. The quantitative estimate of drug-likeness (QED) is 0.631. The topological polar surface area (TPSA) is 90.2 Å². The predicted octanol–water partition coefficient (Wildman–Crippen LogP) is 2.54. The van der Waals surface area contributed by atoms with Crippen molar-refractivity contribution in [1.29, 1.82) is 0 Å². The summed E-state index contributed by atoms with van der Waals surface area (Å²) in [5, 5.41) is 9.17. The van der Waals surface area contributed by atoms with E-state index in [1.807, 2.05) is 30.3 Å². The lowest BCUT2D eigenvalue weighted by molar-refractivity contribution is -0.153. The molecule has 0 fully saturated rings. The van der Waals surface area contributed by atoms with Gasteiger partial charge >= 0.3 is 5.97 Å². The Morgan fingerprint density at radius 1 is 1.25 bits per heavy atom. The molecule has 8 heteroatoms. The van der Waals surface area contributed by atoms with Crippen molar-refractivity contribution in [3.63, 3.8) is 0 Å². The van der Waals surface area contributed by atoms with Gasteiger partial charge in [-0.15, -0.1) is 5.10 Å². The zero-order valence-electron chi connectivity index (χ0n) is 16.6. The number of pyridine rings is 1. The normalized spacial score (nSPS) is 11.5. The number of carbonyl (C=O) groups excluding carboxylic acids is 2. The second kappa shape index (κ2) is 7.38. The Balaban J connectivity index is 1.93. The molecule has 28 heavy (non-hydrogen) atoms. The number of hydrogen-bond donors (Lipinski definition) is 0. The summed E-state index contributed by atoms with van der Waals surface area (Å²) in [6.07, 6.45) is 1.74. The van der Waals surface area contributed by atoms with Crippen LogP contribution in [0.3, 0.4) is 0 Å². The van der Waals surface area contributed by atoms with Gasteiger partial charge < -0.3 is 9.64 Å². The van der Waals surface area contributed by atoms with Gasteiger partial charge in [0.1, 0.15) is 5.54 Å². The van der Waals surface area contributed by atoms with Gasteiger partial charge in [-0.05, 0) is 52.0 Å². The molecule has 0 spiro atoms. The number of esters is 1. The lowest BCUT2D eigenvalue weighted by Crippen LogP contribution is -2.51. The Morgan fingerprint density at radius 3 is 2.71 bits per heavy atom. The van der Waals surface area contributed by atoms with Crippen LogP contribution in [0.25, 0.3) is 16.6 Å². The van der Waals surface area contributed by atoms with Gasteiger partial charge in [-0.25, -0.2) is 9.48 Å². The maximum Gasteiger partial charge on any atom is 0.331 e. The van der Waals surface area contributed by atoms with Crippen molar-refractivity contribution < 1.29 is 14.3 Å². The van der Waals surface area contributed by atoms with Crippen molar-refractivity contribution >= 4 is 22.8 Å². The Morgan fingerprint density at radius 2 is 2.00 bits per heavy atom. The molecule has 0 radical (unpaired) electrons. The van der Waals surface area contributed by atoms with Crippen LogP contribution in [0.5, 0.6) is 0 Å². The molecule has 0 aliphatic rings. The van der Waals surface area contributed by atoms with Crippen LogP contribution in [0.4, 0.5) is 0 Å². The number of nitrogens with zero attached hydrogens (tertiary/aromatic N) is 5. The van der Waals surface area contributed by atoms with Gasteiger partial charge in [0.25, 0.3) is 5.91 Å². The molecule has 3 rings (SSSR count). The first-order valence-corrected chi connectivity index (χ1v) is 9.00. The lowest BCUT2D eigenvalue weighted by Gasteiger charge is -2.32. The summed E-state index contributed by atoms with van der Waals surface area (Å²) in [7, 11) is 1.55. The second-order valence-electron chi connectivity index (χ2n) is 6.96. The summed E-state index contributed by atoms with van der Waals surface area (Å²) >= 11 is 0. The molecule has 0 atom stereocenters. The van der Waals surface area contributed by atoms with Gasteiger partial charge in [0.05, 0.1) is 23.5 Å². The van der Waals surface area contributed by atoms with Crippen LogP contribution < -0.4 is 0 Å². The molecule has 0 saturated heterocycles. The maximum absolute atomic E-state index is 13.0. The number of carbonyl (C=O) groups is 2. The van der Waals surface area contributed by atoms with Crippen molar-refractivity contribution in [2.45, 2.75) is 33.2 Å². The van der Waals surface area contributed by atoms with E-state index in [2.05, 4.69) is 15.3 Å². The molecule has 8 nitrogen and oxygen atoms in total. The highest BCUT2D eigenvalue weighted by atomic mass is 16.5. The molecule has 1 amide bonds. The van der Waals surface area contributed by atoms with Crippen LogP contribution in [-0.4, -0.2) is 55.9 Å². The largest absolute Gasteiger partial charge is 0.464 e. The van der Waals surface area contributed by atoms with Gasteiger partial charge in [-0.3, -0.25) is 9.78 Å². The van der Waals surface area contributed by atoms with E-state index in [9.17, 15) is 9.59 Å². The van der Waals surface area contributed by atoms with Crippen molar-refractivity contribution in [3.05, 3.63) is 47.9 Å². The number of hydrogen-bond acceptors (Lipinski definition) is 6. The fraction of sp³-hybridized carbons (Fsp3) is 0.350. The monoisotopic (exact) mass is 381 g/mol. The maximum atomic E-state index is 13.0. The van der Waals surface area contributed by atoms with Crippen molar-refractivity contribution in [2.75, 3.05) is 13.7 Å². The van der Waals surface area contributed by atoms with E-state index in [1.54, 1.807) is 45.6 Å². The van der Waals surface area contributed by atoms with Crippen LogP contribution in [0.1, 0.15) is 37.0 Å². The number of fused-ring (bicyclic) bond motifs is 1. The zero-order chi connectivity index (χ0) is 20.5. The third-order valence-corrected chi connectivity index (χ3v) is 4.85. The van der Waals surface area contributed by atoms with Gasteiger partial charge in [0.15, 0.2) is 5.69 Å². The molecule has 3 aromatic rings. The van der Waals surface area contributed by atoms with Crippen LogP contribution in [0.2, 0.25) is 0 Å². The molecule has 2 heterocycles. The van der Waals surface area contributed by atoms with E-state index in [1.165, 1.54) is 4.90 Å². The number of amides is 1. The van der Waals surface area contributed by atoms with E-state index in [0.717, 1.165) is 16.6 Å². The molecule has 0 unspecified atom stereocenters. The summed E-state index contributed by atoms with van der Waals surface area (Å²) in [5.74, 6) is -0.873. The first-order chi connectivity index (χ1) is 13.3. The Labute approximate surface area is 163 Å². The summed E-state index contributed by atoms with van der Waals surface area (Å²) in [5.41, 5.74) is 1.29. The van der Waals surface area contributed by atoms with E-state index < -0.39 is 17.4 Å². The Bertz CT molecular complexity index is 1040. The molecule has 0 saturated carbocycles. The van der Waals surface area contributed by atoms with Gasteiger partial charge in [0.2, 0.25) is 0 Å². The van der Waals surface area contributed by atoms with Crippen molar-refractivity contribution in [1.82, 2.24) is 24.9 Å². The molecule has 1 aromatic carbocycles. The summed E-state index contributed by atoms with van der Waals surface area (Å²) in [4.78, 5) is 30.8. The Kier molecular flexibility index (Phi) is 5.13. The smallest absolute Gasteiger partial charge is 0.331 e. The zero-order valence-corrected chi connectivity index (χ0v) is 16.6. The van der Waals surface area contributed by atoms with E-state index in [0.29, 0.717) is 5.69 Å². The first kappa shape index (κ1) is 19.5. The van der Waals surface area contributed by atoms with Gasteiger partial charge in [0, 0.05) is 18.6 Å². The highest BCUT2D eigenvalue weighted by Crippen LogP contribution is 2.21. The number of ether oxygens (including phenoxy) is 1. The fourth-order valence-corrected chi connectivity index (χ4v) is 2.82. The van der Waals surface area contributed by atoms with E-state index in [4.69, 9.17) is 4.74 Å². The molecular weight excluding hydrogens is 358 g/mol. The van der Waals surface area contributed by atoms with Crippen LogP contribution >= 0.6 is 0 Å².